The number of methoxy groups -OCH3 is 2. The van der Waals surface area contributed by atoms with Crippen molar-refractivity contribution in [1.29, 1.82) is 0 Å². The molecule has 0 saturated heterocycles. The average Bonchev–Trinajstić information content (AvgIpc) is 3.39. The Bertz CT molecular complexity index is 878. The van der Waals surface area contributed by atoms with E-state index in [9.17, 15) is 4.79 Å². The summed E-state index contributed by atoms with van der Waals surface area (Å²) >= 11 is 3.13. The van der Waals surface area contributed by atoms with E-state index in [4.69, 9.17) is 13.9 Å². The highest BCUT2D eigenvalue weighted by atomic mass is 32.2. The van der Waals surface area contributed by atoms with E-state index >= 15 is 0 Å². The van der Waals surface area contributed by atoms with Gasteiger partial charge in [-0.05, 0) is 30.3 Å². The molecule has 1 aromatic carbocycles. The van der Waals surface area contributed by atoms with Gasteiger partial charge in [0.25, 0.3) is 5.91 Å². The first-order chi connectivity index (χ1) is 13.2. The molecular weight excluding hydrogens is 384 g/mol. The monoisotopic (exact) mass is 404 g/mol. The van der Waals surface area contributed by atoms with Gasteiger partial charge in [0.1, 0.15) is 16.5 Å². The van der Waals surface area contributed by atoms with Crippen LogP contribution in [-0.2, 0) is 5.75 Å². The van der Waals surface area contributed by atoms with Crippen LogP contribution in [0.15, 0.2) is 46.4 Å². The average molecular weight is 405 g/mol. The molecule has 0 spiro atoms. The highest BCUT2D eigenvalue weighted by Gasteiger charge is 2.13. The number of amides is 1. The third-order valence-electron chi connectivity index (χ3n) is 3.72. The van der Waals surface area contributed by atoms with Crippen LogP contribution in [0.3, 0.4) is 0 Å². The summed E-state index contributed by atoms with van der Waals surface area (Å²) in [4.78, 5) is 16.7. The van der Waals surface area contributed by atoms with Gasteiger partial charge in [-0.3, -0.25) is 4.79 Å². The molecule has 0 atom stereocenters. The highest BCUT2D eigenvalue weighted by Crippen LogP contribution is 2.33. The van der Waals surface area contributed by atoms with E-state index in [0.29, 0.717) is 23.7 Å². The van der Waals surface area contributed by atoms with Gasteiger partial charge in [-0.15, -0.1) is 11.3 Å². The molecule has 2 aromatic heterocycles. The molecule has 3 aromatic rings. The molecule has 8 heteroatoms. The third-order valence-corrected chi connectivity index (χ3v) is 5.60. The van der Waals surface area contributed by atoms with Crippen molar-refractivity contribution in [3.63, 3.8) is 0 Å². The highest BCUT2D eigenvalue weighted by molar-refractivity contribution is 7.98. The van der Waals surface area contributed by atoms with E-state index in [0.717, 1.165) is 27.8 Å². The molecule has 142 valence electrons. The lowest BCUT2D eigenvalue weighted by atomic mass is 10.2. The van der Waals surface area contributed by atoms with Gasteiger partial charge in [-0.25, -0.2) is 4.98 Å². The minimum absolute atomic E-state index is 0.170. The van der Waals surface area contributed by atoms with Crippen LogP contribution in [-0.4, -0.2) is 37.4 Å². The first-order valence-corrected chi connectivity index (χ1v) is 10.3. The molecular formula is C19H20N2O4S2. The quantitative estimate of drug-likeness (QED) is 0.542. The molecule has 0 fully saturated rings. The van der Waals surface area contributed by atoms with E-state index in [1.54, 1.807) is 37.6 Å². The van der Waals surface area contributed by atoms with Crippen LogP contribution < -0.4 is 14.8 Å². The van der Waals surface area contributed by atoms with Gasteiger partial charge in [-0.1, -0.05) is 0 Å². The number of carbonyl (C=O) groups excluding carboxylic acids is 1. The van der Waals surface area contributed by atoms with Crippen molar-refractivity contribution in [3.05, 3.63) is 53.4 Å². The summed E-state index contributed by atoms with van der Waals surface area (Å²) in [5, 5.41) is 5.41. The van der Waals surface area contributed by atoms with Crippen LogP contribution >= 0.6 is 23.1 Å². The number of aromatic nitrogens is 1. The lowest BCUT2D eigenvalue weighted by molar-refractivity contribution is 0.0952. The van der Waals surface area contributed by atoms with Crippen LogP contribution in [0.2, 0.25) is 0 Å². The van der Waals surface area contributed by atoms with Crippen LogP contribution in [0, 0.1) is 0 Å². The molecule has 0 aliphatic heterocycles. The Balaban J connectivity index is 1.53. The Morgan fingerprint density at radius 3 is 2.85 bits per heavy atom. The van der Waals surface area contributed by atoms with Crippen molar-refractivity contribution >= 4 is 29.0 Å². The van der Waals surface area contributed by atoms with Crippen molar-refractivity contribution in [3.8, 4) is 22.1 Å². The summed E-state index contributed by atoms with van der Waals surface area (Å²) in [6.07, 6.45) is 1.66. The largest absolute Gasteiger partial charge is 0.493 e. The number of rotatable bonds is 9. The molecule has 0 aliphatic carbocycles. The van der Waals surface area contributed by atoms with Gasteiger partial charge >= 0.3 is 0 Å². The van der Waals surface area contributed by atoms with Crippen molar-refractivity contribution < 1.29 is 18.7 Å². The fourth-order valence-corrected chi connectivity index (χ4v) is 3.93. The van der Waals surface area contributed by atoms with Crippen molar-refractivity contribution in [2.24, 2.45) is 0 Å². The van der Waals surface area contributed by atoms with E-state index < -0.39 is 0 Å². The second kappa shape index (κ2) is 9.48. The molecule has 3 rings (SSSR count). The Labute approximate surface area is 165 Å². The Morgan fingerprint density at radius 1 is 1.26 bits per heavy atom. The summed E-state index contributed by atoms with van der Waals surface area (Å²) < 4.78 is 15.8. The maximum absolute atomic E-state index is 12.3. The van der Waals surface area contributed by atoms with Gasteiger partial charge < -0.3 is 19.2 Å². The Morgan fingerprint density at radius 2 is 2.11 bits per heavy atom. The normalized spacial score (nSPS) is 10.6. The molecule has 27 heavy (non-hydrogen) atoms. The van der Waals surface area contributed by atoms with Gasteiger partial charge in [-0.2, -0.15) is 11.8 Å². The number of furan rings is 1. The van der Waals surface area contributed by atoms with Crippen molar-refractivity contribution in [2.45, 2.75) is 5.75 Å². The SMILES string of the molecule is COc1ccc(-c2nc(C(=O)NCCSCc3ccco3)cs2)cc1OC. The van der Waals surface area contributed by atoms with Crippen LogP contribution in [0.25, 0.3) is 10.6 Å². The van der Waals surface area contributed by atoms with Crippen LogP contribution in [0.5, 0.6) is 11.5 Å². The Hall–Kier alpha value is -2.45. The number of nitrogens with zero attached hydrogens (tertiary/aromatic N) is 1. The van der Waals surface area contributed by atoms with Gasteiger partial charge in [0, 0.05) is 23.2 Å². The standard InChI is InChI=1S/C19H20N2O4S2/c1-23-16-6-5-13(10-17(16)24-2)19-21-15(12-27-19)18(22)20-7-9-26-11-14-4-3-8-25-14/h3-6,8,10,12H,7,9,11H2,1-2H3,(H,20,22). The fraction of sp³-hybridized carbons (Fsp3) is 0.263. The van der Waals surface area contributed by atoms with Crippen LogP contribution in [0.1, 0.15) is 16.2 Å². The smallest absolute Gasteiger partial charge is 0.270 e. The lowest BCUT2D eigenvalue weighted by Crippen LogP contribution is -2.26. The van der Waals surface area contributed by atoms with E-state index in [-0.39, 0.29) is 5.91 Å². The molecule has 6 nitrogen and oxygen atoms in total. The van der Waals surface area contributed by atoms with E-state index in [2.05, 4.69) is 10.3 Å². The summed E-state index contributed by atoms with van der Waals surface area (Å²) in [7, 11) is 3.18. The molecule has 1 N–H and O–H groups in total. The topological polar surface area (TPSA) is 73.6 Å². The van der Waals surface area contributed by atoms with Crippen LogP contribution in [0.4, 0.5) is 0 Å². The molecule has 0 bridgehead atoms. The molecule has 0 saturated carbocycles. The summed E-state index contributed by atoms with van der Waals surface area (Å²) in [5.74, 6) is 3.65. The zero-order valence-corrected chi connectivity index (χ0v) is 16.7. The summed E-state index contributed by atoms with van der Waals surface area (Å²) in [6.45, 7) is 0.577. The van der Waals surface area contributed by atoms with Gasteiger partial charge in [0.05, 0.1) is 26.2 Å². The number of thioether (sulfide) groups is 1. The summed E-state index contributed by atoms with van der Waals surface area (Å²) in [5.41, 5.74) is 1.30. The van der Waals surface area contributed by atoms with Gasteiger partial charge in [0.15, 0.2) is 11.5 Å². The van der Waals surface area contributed by atoms with Crippen molar-refractivity contribution in [2.75, 3.05) is 26.5 Å². The zero-order chi connectivity index (χ0) is 19.1. The predicted octanol–water partition coefficient (Wildman–Crippen LogP) is 4.08. The van der Waals surface area contributed by atoms with Crippen molar-refractivity contribution in [1.82, 2.24) is 10.3 Å². The number of carbonyl (C=O) groups is 1. The molecule has 0 aliphatic rings. The third kappa shape index (κ3) is 5.05. The minimum Gasteiger partial charge on any atom is -0.493 e. The second-order valence-corrected chi connectivity index (χ2v) is 7.46. The molecule has 1 amide bonds. The lowest BCUT2D eigenvalue weighted by Gasteiger charge is -2.08. The molecule has 0 radical (unpaired) electrons. The fourth-order valence-electron chi connectivity index (χ4n) is 2.37. The number of thiazole rings is 1. The minimum atomic E-state index is -0.170. The summed E-state index contributed by atoms with van der Waals surface area (Å²) in [6, 6.07) is 9.38. The number of benzene rings is 1. The zero-order valence-electron chi connectivity index (χ0n) is 15.1. The number of hydrogen-bond donors (Lipinski definition) is 1. The first-order valence-electron chi connectivity index (χ1n) is 8.27. The molecule has 2 heterocycles. The molecule has 0 unspecified atom stereocenters. The van der Waals surface area contributed by atoms with E-state index in [1.807, 2.05) is 30.3 Å². The maximum atomic E-state index is 12.3. The number of nitrogens with one attached hydrogen (secondary N) is 1. The number of hydrogen-bond acceptors (Lipinski definition) is 7. The predicted molar refractivity (Wildman–Crippen MR) is 108 cm³/mol. The number of ether oxygens (including phenoxy) is 2. The Kier molecular flexibility index (Phi) is 6.78. The first kappa shape index (κ1) is 19.3. The van der Waals surface area contributed by atoms with Gasteiger partial charge in [0.2, 0.25) is 0 Å². The second-order valence-electron chi connectivity index (χ2n) is 5.50. The maximum Gasteiger partial charge on any atom is 0.270 e. The van der Waals surface area contributed by atoms with E-state index in [1.165, 1.54) is 11.3 Å².